The monoisotopic (exact) mass is 328 g/mol. The van der Waals surface area contributed by atoms with Crippen LogP contribution in [0.3, 0.4) is 0 Å². The van der Waals surface area contributed by atoms with E-state index in [-0.39, 0.29) is 11.6 Å². The van der Waals surface area contributed by atoms with Crippen molar-refractivity contribution in [3.05, 3.63) is 107 Å². The summed E-state index contributed by atoms with van der Waals surface area (Å²) in [4.78, 5) is 26.0. The highest BCUT2D eigenvalue weighted by Gasteiger charge is 2.33. The van der Waals surface area contributed by atoms with E-state index in [1.165, 1.54) is 0 Å². The Balaban J connectivity index is 2.06. The van der Waals surface area contributed by atoms with Gasteiger partial charge in [0.15, 0.2) is 11.6 Å². The third-order valence-electron chi connectivity index (χ3n) is 4.48. The molecule has 0 unspecified atom stereocenters. The summed E-state index contributed by atoms with van der Waals surface area (Å²) in [5.41, 5.74) is 1.79. The molecule has 0 bridgehead atoms. The van der Waals surface area contributed by atoms with Gasteiger partial charge in [-0.1, -0.05) is 84.9 Å². The fourth-order valence-corrected chi connectivity index (χ4v) is 3.04. The maximum atomic E-state index is 13.1. The summed E-state index contributed by atoms with van der Waals surface area (Å²) in [6.45, 7) is 3.75. The van der Waals surface area contributed by atoms with Crippen molar-refractivity contribution >= 4 is 11.6 Å². The molecule has 124 valence electrons. The predicted octanol–water partition coefficient (Wildman–Crippen LogP) is 5.08. The van der Waals surface area contributed by atoms with Gasteiger partial charge in [0.05, 0.1) is 5.41 Å². The van der Waals surface area contributed by atoms with Crippen molar-refractivity contribution in [3.63, 3.8) is 0 Å². The van der Waals surface area contributed by atoms with Gasteiger partial charge >= 0.3 is 0 Å². The molecule has 0 aliphatic carbocycles. The zero-order chi connectivity index (χ0) is 17.9. The zero-order valence-corrected chi connectivity index (χ0v) is 14.4. The first-order chi connectivity index (χ1) is 12.0. The molecule has 0 aliphatic heterocycles. The van der Waals surface area contributed by atoms with Gasteiger partial charge in [-0.25, -0.2) is 0 Å². The normalized spacial score (nSPS) is 11.1. The molecule has 0 aliphatic rings. The second-order valence-corrected chi connectivity index (χ2v) is 6.56. The average Bonchev–Trinajstić information content (AvgIpc) is 2.68. The minimum atomic E-state index is -0.803. The minimum absolute atomic E-state index is 0.00131. The van der Waals surface area contributed by atoms with Crippen molar-refractivity contribution in [1.82, 2.24) is 0 Å². The lowest BCUT2D eigenvalue weighted by atomic mass is 9.75. The van der Waals surface area contributed by atoms with E-state index in [1.807, 2.05) is 80.6 Å². The summed E-state index contributed by atoms with van der Waals surface area (Å²) >= 11 is 0. The minimum Gasteiger partial charge on any atom is -0.293 e. The predicted molar refractivity (Wildman–Crippen MR) is 100 cm³/mol. The third-order valence-corrected chi connectivity index (χ3v) is 4.48. The largest absolute Gasteiger partial charge is 0.293 e. The fourth-order valence-electron chi connectivity index (χ4n) is 3.04. The number of carbonyl (C=O) groups excluding carboxylic acids is 2. The summed E-state index contributed by atoms with van der Waals surface area (Å²) in [5.74, 6) is -0.0634. The van der Waals surface area contributed by atoms with Crippen molar-refractivity contribution in [2.24, 2.45) is 0 Å². The molecule has 25 heavy (non-hydrogen) atoms. The van der Waals surface area contributed by atoms with Crippen molar-refractivity contribution in [2.75, 3.05) is 0 Å². The number of hydrogen-bond donors (Lipinski definition) is 0. The lowest BCUT2D eigenvalue weighted by Gasteiger charge is -2.26. The van der Waals surface area contributed by atoms with Crippen LogP contribution in [0.1, 0.15) is 45.7 Å². The van der Waals surface area contributed by atoms with Crippen LogP contribution in [-0.2, 0) is 5.41 Å². The summed E-state index contributed by atoms with van der Waals surface area (Å²) in [6.07, 6.45) is 0. The summed E-state index contributed by atoms with van der Waals surface area (Å²) < 4.78 is 0. The maximum Gasteiger partial charge on any atom is 0.193 e. The molecule has 0 spiro atoms. The van der Waals surface area contributed by atoms with Crippen LogP contribution in [0.15, 0.2) is 84.9 Å². The van der Waals surface area contributed by atoms with Gasteiger partial charge in [-0.05, 0) is 19.4 Å². The first-order valence-corrected chi connectivity index (χ1v) is 8.31. The quantitative estimate of drug-likeness (QED) is 0.612. The van der Waals surface area contributed by atoms with Crippen molar-refractivity contribution in [2.45, 2.75) is 19.3 Å². The Bertz CT molecular complexity index is 894. The highest BCUT2D eigenvalue weighted by molar-refractivity contribution is 6.12. The van der Waals surface area contributed by atoms with Gasteiger partial charge in [0.1, 0.15) is 0 Å². The van der Waals surface area contributed by atoms with Crippen LogP contribution in [0.5, 0.6) is 0 Å². The van der Waals surface area contributed by atoms with E-state index in [2.05, 4.69) is 0 Å². The Morgan fingerprint density at radius 3 is 1.72 bits per heavy atom. The topological polar surface area (TPSA) is 34.1 Å². The number of Topliss-reactive ketones (excluding diaryl/α,β-unsaturated/α-hetero) is 1. The SMILES string of the molecule is CC(C)(C(=O)c1ccccc1)c1ccccc1C(=O)c1ccccc1. The van der Waals surface area contributed by atoms with Gasteiger partial charge < -0.3 is 0 Å². The molecule has 0 heterocycles. The van der Waals surface area contributed by atoms with E-state index in [0.717, 1.165) is 5.56 Å². The van der Waals surface area contributed by atoms with Crippen molar-refractivity contribution < 1.29 is 9.59 Å². The van der Waals surface area contributed by atoms with Gasteiger partial charge in [-0.2, -0.15) is 0 Å². The number of ketones is 2. The van der Waals surface area contributed by atoms with Crippen LogP contribution in [0.2, 0.25) is 0 Å². The van der Waals surface area contributed by atoms with E-state index in [4.69, 9.17) is 0 Å². The molecule has 2 heteroatoms. The zero-order valence-electron chi connectivity index (χ0n) is 14.4. The Morgan fingerprint density at radius 2 is 1.12 bits per heavy atom. The van der Waals surface area contributed by atoms with Gasteiger partial charge in [-0.15, -0.1) is 0 Å². The highest BCUT2D eigenvalue weighted by atomic mass is 16.1. The Kier molecular flexibility index (Phi) is 4.62. The van der Waals surface area contributed by atoms with Crippen LogP contribution in [-0.4, -0.2) is 11.6 Å². The van der Waals surface area contributed by atoms with E-state index >= 15 is 0 Å². The van der Waals surface area contributed by atoms with Crippen LogP contribution >= 0.6 is 0 Å². The molecule has 2 nitrogen and oxygen atoms in total. The van der Waals surface area contributed by atoms with Crippen LogP contribution < -0.4 is 0 Å². The second kappa shape index (κ2) is 6.86. The van der Waals surface area contributed by atoms with Gasteiger partial charge in [0, 0.05) is 16.7 Å². The van der Waals surface area contributed by atoms with Crippen LogP contribution in [0, 0.1) is 0 Å². The van der Waals surface area contributed by atoms with Crippen LogP contribution in [0.4, 0.5) is 0 Å². The molecule has 0 radical (unpaired) electrons. The molecule has 0 saturated heterocycles. The molecule has 0 aromatic heterocycles. The number of hydrogen-bond acceptors (Lipinski definition) is 2. The number of rotatable bonds is 5. The molecule has 0 amide bonds. The van der Waals surface area contributed by atoms with E-state index in [1.54, 1.807) is 18.2 Å². The first-order valence-electron chi connectivity index (χ1n) is 8.31. The Morgan fingerprint density at radius 1 is 0.640 bits per heavy atom. The molecule has 0 N–H and O–H groups in total. The molecule has 0 fully saturated rings. The van der Waals surface area contributed by atoms with Gasteiger partial charge in [0.25, 0.3) is 0 Å². The van der Waals surface area contributed by atoms with Crippen molar-refractivity contribution in [3.8, 4) is 0 Å². The molecule has 3 aromatic carbocycles. The maximum absolute atomic E-state index is 13.1. The third kappa shape index (κ3) is 3.29. The summed E-state index contributed by atoms with van der Waals surface area (Å²) in [7, 11) is 0. The lowest BCUT2D eigenvalue weighted by molar-refractivity contribution is 0.0907. The van der Waals surface area contributed by atoms with Gasteiger partial charge in [0.2, 0.25) is 0 Å². The average molecular weight is 328 g/mol. The molecular weight excluding hydrogens is 308 g/mol. The highest BCUT2D eigenvalue weighted by Crippen LogP contribution is 2.31. The molecular formula is C23H20O2. The number of carbonyl (C=O) groups is 2. The summed E-state index contributed by atoms with van der Waals surface area (Å²) in [5, 5.41) is 0. The van der Waals surface area contributed by atoms with E-state index < -0.39 is 5.41 Å². The van der Waals surface area contributed by atoms with E-state index in [9.17, 15) is 9.59 Å². The Hall–Kier alpha value is -3.00. The number of benzene rings is 3. The van der Waals surface area contributed by atoms with E-state index in [0.29, 0.717) is 16.7 Å². The summed E-state index contributed by atoms with van der Waals surface area (Å²) in [6, 6.07) is 25.7. The van der Waals surface area contributed by atoms with Crippen molar-refractivity contribution in [1.29, 1.82) is 0 Å². The first kappa shape index (κ1) is 16.8. The molecule has 3 aromatic rings. The van der Waals surface area contributed by atoms with Gasteiger partial charge in [-0.3, -0.25) is 9.59 Å². The molecule has 3 rings (SSSR count). The standard InChI is InChI=1S/C23H20O2/c1-23(2,22(25)18-13-7-4-8-14-18)20-16-10-9-15-19(20)21(24)17-11-5-3-6-12-17/h3-16H,1-2H3. The fraction of sp³-hybridized carbons (Fsp3) is 0.130. The molecule has 0 saturated carbocycles. The van der Waals surface area contributed by atoms with Crippen LogP contribution in [0.25, 0.3) is 0 Å². The molecule has 0 atom stereocenters. The smallest absolute Gasteiger partial charge is 0.193 e. The second-order valence-electron chi connectivity index (χ2n) is 6.56. The lowest BCUT2D eigenvalue weighted by Crippen LogP contribution is -2.31. The Labute approximate surface area is 148 Å².